The number of aromatic amines is 1. The number of H-pyrrole nitrogens is 1. The van der Waals surface area contributed by atoms with Crippen LogP contribution >= 0.6 is 0 Å². The molecule has 6 amide bonds. The van der Waals surface area contributed by atoms with Crippen molar-refractivity contribution in [3.63, 3.8) is 0 Å². The van der Waals surface area contributed by atoms with Gasteiger partial charge in [-0.15, -0.1) is 5.10 Å². The van der Waals surface area contributed by atoms with Crippen LogP contribution in [0.25, 0.3) is 22.0 Å². The molecule has 446 valence electrons. The van der Waals surface area contributed by atoms with Gasteiger partial charge >= 0.3 is 0 Å². The highest BCUT2D eigenvalue weighted by Gasteiger charge is 2.45. The molecule has 0 spiro atoms. The van der Waals surface area contributed by atoms with E-state index >= 15 is 0 Å². The fraction of sp³-hybridized carbons (Fsp3) is 0.475. The molecule has 0 bridgehead atoms. The number of aryl methyl sites for hydroxylation is 3. The molecule has 2 fully saturated rings. The van der Waals surface area contributed by atoms with Crippen LogP contribution in [0.15, 0.2) is 71.9 Å². The number of amides is 6. The highest BCUT2D eigenvalue weighted by atomic mass is 16.6. The van der Waals surface area contributed by atoms with Crippen LogP contribution in [0.4, 0.5) is 11.5 Å². The maximum atomic E-state index is 13.8. The van der Waals surface area contributed by atoms with Crippen LogP contribution in [0.5, 0.6) is 0 Å². The van der Waals surface area contributed by atoms with E-state index in [0.717, 1.165) is 49.7 Å². The summed E-state index contributed by atoms with van der Waals surface area (Å²) in [6.45, 7) is 15.2. The second kappa shape index (κ2) is 28.8. The largest absolute Gasteiger partial charge is 0.382 e. The first-order chi connectivity index (χ1) is 40.7. The minimum absolute atomic E-state index is 0.0541. The molecule has 3 aliphatic heterocycles. The number of aromatic nitrogens is 7. The first-order valence-corrected chi connectivity index (χ1v) is 28.6. The van der Waals surface area contributed by atoms with Crippen LogP contribution in [0.3, 0.4) is 0 Å². The summed E-state index contributed by atoms with van der Waals surface area (Å²) in [5, 5.41) is 22.1. The molecule has 6 aromatic rings. The smallest absolute Gasteiger partial charge is 0.264 e. The normalized spacial score (nSPS) is 15.4. The molecule has 84 heavy (non-hydrogen) atoms. The number of imide groups is 2. The fourth-order valence-electron chi connectivity index (χ4n) is 10.4. The number of fused-ring (bicyclic) bond motifs is 2. The van der Waals surface area contributed by atoms with Crippen molar-refractivity contribution in [3.05, 3.63) is 117 Å². The number of hydrogen-bond donors (Lipinski definition) is 4. The summed E-state index contributed by atoms with van der Waals surface area (Å²) in [7, 11) is 0. The molecule has 0 aliphatic carbocycles. The van der Waals surface area contributed by atoms with Crippen molar-refractivity contribution in [2.45, 2.75) is 85.0 Å². The van der Waals surface area contributed by atoms with Gasteiger partial charge in [0.1, 0.15) is 11.9 Å². The van der Waals surface area contributed by atoms with E-state index in [9.17, 15) is 33.6 Å². The van der Waals surface area contributed by atoms with Crippen molar-refractivity contribution in [3.8, 4) is 11.1 Å². The number of anilines is 2. The first kappa shape index (κ1) is 60.4. The van der Waals surface area contributed by atoms with E-state index in [1.165, 1.54) is 0 Å². The third-order valence-electron chi connectivity index (χ3n) is 14.8. The average molecular weight is 1160 g/mol. The Kier molecular flexibility index (Phi) is 20.7. The molecule has 2 aromatic carbocycles. The average Bonchev–Trinajstić information content (AvgIpc) is 4.41. The molecule has 3 aliphatic rings. The van der Waals surface area contributed by atoms with Crippen LogP contribution in [0.2, 0.25) is 0 Å². The van der Waals surface area contributed by atoms with E-state index in [2.05, 4.69) is 41.2 Å². The summed E-state index contributed by atoms with van der Waals surface area (Å²) >= 11 is 0. The number of carbonyl (C=O) groups excluding carboxylic acids is 6. The third-order valence-corrected chi connectivity index (χ3v) is 14.8. The van der Waals surface area contributed by atoms with Gasteiger partial charge in [0.15, 0.2) is 0 Å². The summed E-state index contributed by atoms with van der Waals surface area (Å²) in [6, 6.07) is 13.7. The molecule has 2 saturated heterocycles. The van der Waals surface area contributed by atoms with Crippen molar-refractivity contribution in [1.29, 1.82) is 0 Å². The number of nitrogens with zero attached hydrogens (tertiary/aromatic N) is 9. The van der Waals surface area contributed by atoms with Gasteiger partial charge in [0.25, 0.3) is 23.3 Å². The summed E-state index contributed by atoms with van der Waals surface area (Å²) < 4.78 is 31.7. The van der Waals surface area contributed by atoms with Crippen LogP contribution in [0.1, 0.15) is 99.2 Å². The van der Waals surface area contributed by atoms with Gasteiger partial charge in [0.05, 0.1) is 107 Å². The van der Waals surface area contributed by atoms with Gasteiger partial charge in [0, 0.05) is 98.4 Å². The second-order valence-corrected chi connectivity index (χ2v) is 21.0. The number of piperazine rings is 1. The second-order valence-electron chi connectivity index (χ2n) is 21.0. The van der Waals surface area contributed by atoms with Crippen molar-refractivity contribution < 1.29 is 52.5 Å². The summed E-state index contributed by atoms with van der Waals surface area (Å²) in [4.78, 5) is 103. The van der Waals surface area contributed by atoms with E-state index in [1.54, 1.807) is 29.1 Å². The zero-order valence-corrected chi connectivity index (χ0v) is 48.0. The Morgan fingerprint density at radius 1 is 0.798 bits per heavy atom. The highest BCUT2D eigenvalue weighted by molar-refractivity contribution is 6.25. The Morgan fingerprint density at radius 2 is 1.51 bits per heavy atom. The van der Waals surface area contributed by atoms with Crippen LogP contribution in [-0.2, 0) is 57.6 Å². The minimum atomic E-state index is -1.03. The molecule has 25 heteroatoms. The zero-order valence-electron chi connectivity index (χ0n) is 48.0. The molecule has 4 aromatic heterocycles. The lowest BCUT2D eigenvalue weighted by atomic mass is 10.0. The Hall–Kier alpha value is -8.23. The van der Waals surface area contributed by atoms with Crippen molar-refractivity contribution in [2.75, 3.05) is 109 Å². The van der Waals surface area contributed by atoms with Crippen molar-refractivity contribution in [1.82, 2.24) is 55.2 Å². The monoisotopic (exact) mass is 1160 g/mol. The third kappa shape index (κ3) is 15.1. The zero-order chi connectivity index (χ0) is 59.1. The quantitative estimate of drug-likeness (QED) is 0.0369. The van der Waals surface area contributed by atoms with Gasteiger partial charge < -0.3 is 49.1 Å². The van der Waals surface area contributed by atoms with E-state index in [0.29, 0.717) is 141 Å². The van der Waals surface area contributed by atoms with E-state index in [-0.39, 0.29) is 53.9 Å². The molecule has 7 heterocycles. The van der Waals surface area contributed by atoms with Gasteiger partial charge in [-0.05, 0) is 101 Å². The summed E-state index contributed by atoms with van der Waals surface area (Å²) in [6.07, 6.45) is 7.27. The fourth-order valence-corrected chi connectivity index (χ4v) is 10.4. The molecule has 0 saturated carbocycles. The van der Waals surface area contributed by atoms with Gasteiger partial charge in [-0.1, -0.05) is 11.3 Å². The number of ether oxygens (including phenoxy) is 5. The minimum Gasteiger partial charge on any atom is -0.382 e. The lowest BCUT2D eigenvalue weighted by Gasteiger charge is -2.35. The number of rotatable bonds is 30. The number of pyridine rings is 2. The highest BCUT2D eigenvalue weighted by Crippen LogP contribution is 2.33. The summed E-state index contributed by atoms with van der Waals surface area (Å²) in [5.41, 5.74) is 6.50. The van der Waals surface area contributed by atoms with Crippen LogP contribution in [0, 0.1) is 13.8 Å². The van der Waals surface area contributed by atoms with Crippen molar-refractivity contribution in [2.24, 2.45) is 0 Å². The lowest BCUT2D eigenvalue weighted by molar-refractivity contribution is -0.136. The predicted octanol–water partition coefficient (Wildman–Crippen LogP) is 3.77. The predicted molar refractivity (Wildman–Crippen MR) is 309 cm³/mol. The number of hydrogen-bond acceptors (Lipinski definition) is 18. The molecular weight excluding hydrogens is 1080 g/mol. The Labute approximate surface area is 485 Å². The Balaban J connectivity index is 0.583. The van der Waals surface area contributed by atoms with Gasteiger partial charge in [-0.2, -0.15) is 5.10 Å². The SMILES string of the molecule is Cc1cc(C)c(CNC(=O)c2cc(-c3ccc(N4CCN(C(=O)CCCc5cn(CCOCCOCCOCCOCCOCCNc6cccc7c6C(=O)N(C6CCC(=O)NC6=O)C7=O)nn5)CC4)nc3)cc3c2cnn3C(C)C)c(=O)[nH]1. The Bertz CT molecular complexity index is 3370. The number of benzene rings is 2. The maximum Gasteiger partial charge on any atom is 0.264 e. The van der Waals surface area contributed by atoms with Gasteiger partial charge in [0.2, 0.25) is 17.7 Å². The van der Waals surface area contributed by atoms with E-state index < -0.39 is 29.7 Å². The molecular formula is C59H73N13O12. The number of nitrogens with one attached hydrogen (secondary N) is 4. The standard InChI is InChI=1S/C59H73N13O12/c1-38(2)72-50-33-42(32-45(47(50)36-63-72)55(75)62-35-46-39(3)31-40(4)64-56(46)76)41-11-13-51(61-34-41)68-16-18-69(19-17-68)53(74)10-5-7-43-37-70(67-66-43)20-22-81-24-26-83-28-30-84-29-27-82-25-23-80-21-15-60-48-9-6-8-44-54(48)59(79)71(58(44)78)49-12-14-52(73)65-57(49)77/h6,8-9,11,13,31-34,36-38,49,60H,5,7,10,12,14-30,35H2,1-4H3,(H,62,75)(H,64,76)(H,65,73,77). The van der Waals surface area contributed by atoms with E-state index in [4.69, 9.17) is 28.7 Å². The molecule has 1 unspecified atom stereocenters. The molecule has 25 nitrogen and oxygen atoms in total. The van der Waals surface area contributed by atoms with Crippen molar-refractivity contribution >= 4 is 57.9 Å². The molecule has 1 atom stereocenters. The first-order valence-electron chi connectivity index (χ1n) is 28.6. The molecule has 4 N–H and O–H groups in total. The lowest BCUT2D eigenvalue weighted by Crippen LogP contribution is -2.54. The molecule has 9 rings (SSSR count). The van der Waals surface area contributed by atoms with Crippen LogP contribution < -0.4 is 26.4 Å². The van der Waals surface area contributed by atoms with Gasteiger partial charge in [-0.25, -0.2) is 9.67 Å². The number of carbonyl (C=O) groups is 6. The Morgan fingerprint density at radius 3 is 2.19 bits per heavy atom. The molecule has 0 radical (unpaired) electrons. The topological polar surface area (TPSA) is 289 Å². The van der Waals surface area contributed by atoms with E-state index in [1.807, 2.05) is 80.0 Å². The van der Waals surface area contributed by atoms with Crippen LogP contribution in [-0.4, -0.2) is 185 Å². The summed E-state index contributed by atoms with van der Waals surface area (Å²) in [5.74, 6) is -1.59. The number of piperidine rings is 1. The van der Waals surface area contributed by atoms with Gasteiger partial charge in [-0.3, -0.25) is 48.5 Å². The maximum absolute atomic E-state index is 13.8.